The predicted octanol–water partition coefficient (Wildman–Crippen LogP) is 4.11. The Hall–Kier alpha value is -2.22. The van der Waals surface area contributed by atoms with Gasteiger partial charge in [0.2, 0.25) is 5.78 Å². The third kappa shape index (κ3) is 4.02. The van der Waals surface area contributed by atoms with E-state index in [1.807, 2.05) is 30.9 Å². The highest BCUT2D eigenvalue weighted by Crippen LogP contribution is 2.33. The number of pyridine rings is 1. The lowest BCUT2D eigenvalue weighted by Crippen LogP contribution is -2.32. The first-order valence-electron chi connectivity index (χ1n) is 9.81. The first kappa shape index (κ1) is 21.0. The van der Waals surface area contributed by atoms with Crippen molar-refractivity contribution in [2.45, 2.75) is 13.5 Å². The summed E-state index contributed by atoms with van der Waals surface area (Å²) in [5.41, 5.74) is 3.10. The second-order valence-electron chi connectivity index (χ2n) is 7.30. The molecule has 30 heavy (non-hydrogen) atoms. The standard InChI is InChI=1S/C22H22N2O4S.ClH/c1-14-22-17(16(12-23-14)13-24-4-8-29-9-5-24)11-20(28-22)21(25)15-2-3-18-19(10-15)27-7-6-26-18;/h2-3,10-12H,4-9,13H2,1H3;1H. The lowest BCUT2D eigenvalue weighted by molar-refractivity contribution is 0.101. The van der Waals surface area contributed by atoms with Crippen molar-refractivity contribution in [2.24, 2.45) is 0 Å². The Labute approximate surface area is 185 Å². The van der Waals surface area contributed by atoms with Gasteiger partial charge in [-0.3, -0.25) is 14.7 Å². The number of carbonyl (C=O) groups is 1. The molecule has 158 valence electrons. The highest BCUT2D eigenvalue weighted by Gasteiger charge is 2.21. The average Bonchev–Trinajstić information content (AvgIpc) is 3.22. The normalized spacial score (nSPS) is 16.3. The van der Waals surface area contributed by atoms with E-state index in [9.17, 15) is 4.79 Å². The Kier molecular flexibility index (Phi) is 6.22. The molecule has 4 heterocycles. The number of hydrogen-bond acceptors (Lipinski definition) is 7. The minimum absolute atomic E-state index is 0. The van der Waals surface area contributed by atoms with E-state index in [0.717, 1.165) is 47.8 Å². The number of carbonyl (C=O) groups excluding carboxylic acids is 1. The van der Waals surface area contributed by atoms with Crippen LogP contribution < -0.4 is 9.47 Å². The number of ketones is 1. The maximum Gasteiger partial charge on any atom is 0.228 e. The smallest absolute Gasteiger partial charge is 0.228 e. The van der Waals surface area contributed by atoms with Crippen LogP contribution in [-0.2, 0) is 6.54 Å². The zero-order valence-electron chi connectivity index (χ0n) is 16.7. The molecule has 6 nitrogen and oxygen atoms in total. The number of ether oxygens (including phenoxy) is 2. The van der Waals surface area contributed by atoms with Crippen LogP contribution in [0.1, 0.15) is 27.4 Å². The number of hydrogen-bond donors (Lipinski definition) is 0. The molecule has 0 unspecified atom stereocenters. The van der Waals surface area contributed by atoms with Gasteiger partial charge in [-0.05, 0) is 36.8 Å². The second kappa shape index (κ2) is 8.88. The minimum Gasteiger partial charge on any atom is -0.486 e. The Morgan fingerprint density at radius 3 is 2.70 bits per heavy atom. The molecular formula is C22H23ClN2O4S. The summed E-state index contributed by atoms with van der Waals surface area (Å²) in [4.78, 5) is 20.0. The third-order valence-corrected chi connectivity index (χ3v) is 6.29. The summed E-state index contributed by atoms with van der Waals surface area (Å²) in [5.74, 6) is 3.73. The monoisotopic (exact) mass is 446 g/mol. The largest absolute Gasteiger partial charge is 0.486 e. The van der Waals surface area contributed by atoms with Crippen molar-refractivity contribution >= 4 is 40.9 Å². The zero-order chi connectivity index (χ0) is 19.8. The van der Waals surface area contributed by atoms with Crippen molar-refractivity contribution in [1.82, 2.24) is 9.88 Å². The number of aryl methyl sites for hydroxylation is 1. The number of nitrogens with zero attached hydrogens (tertiary/aromatic N) is 2. The summed E-state index contributed by atoms with van der Waals surface area (Å²) in [6.07, 6.45) is 1.91. The third-order valence-electron chi connectivity index (χ3n) is 5.35. The van der Waals surface area contributed by atoms with Crippen LogP contribution in [0.2, 0.25) is 0 Å². The Balaban J connectivity index is 0.00000218. The van der Waals surface area contributed by atoms with Gasteiger partial charge in [-0.25, -0.2) is 0 Å². The fourth-order valence-electron chi connectivity index (χ4n) is 3.77. The van der Waals surface area contributed by atoms with Crippen molar-refractivity contribution in [3.05, 3.63) is 53.0 Å². The molecule has 0 atom stereocenters. The van der Waals surface area contributed by atoms with E-state index < -0.39 is 0 Å². The van der Waals surface area contributed by atoms with Crippen LogP contribution in [0.4, 0.5) is 0 Å². The molecule has 5 rings (SSSR count). The van der Waals surface area contributed by atoms with Gasteiger partial charge in [0, 0.05) is 48.3 Å². The Bertz CT molecular complexity index is 1080. The van der Waals surface area contributed by atoms with Crippen LogP contribution in [0.15, 0.2) is 34.9 Å². The maximum atomic E-state index is 13.1. The van der Waals surface area contributed by atoms with E-state index in [4.69, 9.17) is 13.9 Å². The van der Waals surface area contributed by atoms with E-state index >= 15 is 0 Å². The maximum absolute atomic E-state index is 13.1. The lowest BCUT2D eigenvalue weighted by Gasteiger charge is -2.26. The number of furan rings is 1. The van der Waals surface area contributed by atoms with E-state index in [1.165, 1.54) is 0 Å². The molecule has 0 amide bonds. The van der Waals surface area contributed by atoms with Crippen LogP contribution in [0.3, 0.4) is 0 Å². The predicted molar refractivity (Wildman–Crippen MR) is 119 cm³/mol. The quantitative estimate of drug-likeness (QED) is 0.559. The highest BCUT2D eigenvalue weighted by atomic mass is 35.5. The summed E-state index contributed by atoms with van der Waals surface area (Å²) in [6, 6.07) is 7.11. The van der Waals surface area contributed by atoms with Crippen LogP contribution in [0.25, 0.3) is 11.0 Å². The number of thioether (sulfide) groups is 1. The lowest BCUT2D eigenvalue weighted by atomic mass is 10.1. The van der Waals surface area contributed by atoms with Crippen molar-refractivity contribution in [3.63, 3.8) is 0 Å². The van der Waals surface area contributed by atoms with Crippen LogP contribution in [0, 0.1) is 6.92 Å². The van der Waals surface area contributed by atoms with Gasteiger partial charge in [0.15, 0.2) is 22.8 Å². The summed E-state index contributed by atoms with van der Waals surface area (Å²) in [7, 11) is 0. The van der Waals surface area contributed by atoms with Gasteiger partial charge >= 0.3 is 0 Å². The van der Waals surface area contributed by atoms with Crippen molar-refractivity contribution in [1.29, 1.82) is 0 Å². The molecule has 0 bridgehead atoms. The van der Waals surface area contributed by atoms with Gasteiger partial charge in [-0.1, -0.05) is 0 Å². The molecule has 2 aliphatic heterocycles. The number of halogens is 1. The molecule has 2 aromatic heterocycles. The van der Waals surface area contributed by atoms with Gasteiger partial charge in [-0.2, -0.15) is 11.8 Å². The molecular weight excluding hydrogens is 424 g/mol. The van der Waals surface area contributed by atoms with Crippen molar-refractivity contribution in [3.8, 4) is 11.5 Å². The molecule has 0 N–H and O–H groups in total. The summed E-state index contributed by atoms with van der Waals surface area (Å²) < 4.78 is 17.1. The van der Waals surface area contributed by atoms with Gasteiger partial charge in [0.1, 0.15) is 13.2 Å². The molecule has 1 saturated heterocycles. The van der Waals surface area contributed by atoms with E-state index in [2.05, 4.69) is 9.88 Å². The second-order valence-corrected chi connectivity index (χ2v) is 8.52. The molecule has 0 aliphatic carbocycles. The van der Waals surface area contributed by atoms with Gasteiger partial charge in [0.25, 0.3) is 0 Å². The molecule has 2 aliphatic rings. The molecule has 0 spiro atoms. The average molecular weight is 447 g/mol. The first-order chi connectivity index (χ1) is 14.2. The molecule has 0 radical (unpaired) electrons. The fraction of sp³-hybridized carbons (Fsp3) is 0.364. The molecule has 1 fully saturated rings. The highest BCUT2D eigenvalue weighted by molar-refractivity contribution is 7.99. The molecule has 8 heteroatoms. The summed E-state index contributed by atoms with van der Waals surface area (Å²) in [5, 5.41) is 0.969. The Morgan fingerprint density at radius 1 is 1.13 bits per heavy atom. The SMILES string of the molecule is Cc1ncc(CN2CCSCC2)c2cc(C(=O)c3ccc4c(c3)OCCO4)oc12.Cl. The number of aromatic nitrogens is 1. The van der Waals surface area contributed by atoms with Crippen LogP contribution in [-0.4, -0.2) is 53.5 Å². The summed E-state index contributed by atoms with van der Waals surface area (Å²) >= 11 is 1.99. The summed E-state index contributed by atoms with van der Waals surface area (Å²) in [6.45, 7) is 5.88. The molecule has 1 aromatic carbocycles. The minimum atomic E-state index is -0.169. The molecule has 0 saturated carbocycles. The van der Waals surface area contributed by atoms with E-state index in [0.29, 0.717) is 41.6 Å². The topological polar surface area (TPSA) is 64.8 Å². The zero-order valence-corrected chi connectivity index (χ0v) is 18.3. The van der Waals surface area contributed by atoms with Gasteiger partial charge < -0.3 is 13.9 Å². The van der Waals surface area contributed by atoms with E-state index in [1.54, 1.807) is 18.2 Å². The van der Waals surface area contributed by atoms with Gasteiger partial charge in [0.05, 0.1) is 5.69 Å². The van der Waals surface area contributed by atoms with Crippen LogP contribution in [0.5, 0.6) is 11.5 Å². The first-order valence-corrected chi connectivity index (χ1v) is 11.0. The van der Waals surface area contributed by atoms with Crippen molar-refractivity contribution < 1.29 is 18.7 Å². The Morgan fingerprint density at radius 2 is 1.90 bits per heavy atom. The number of rotatable bonds is 4. The van der Waals surface area contributed by atoms with Crippen LogP contribution >= 0.6 is 24.2 Å². The number of benzene rings is 1. The van der Waals surface area contributed by atoms with Crippen molar-refractivity contribution in [2.75, 3.05) is 37.8 Å². The number of fused-ring (bicyclic) bond motifs is 2. The molecule has 3 aromatic rings. The van der Waals surface area contributed by atoms with E-state index in [-0.39, 0.29) is 18.2 Å². The van der Waals surface area contributed by atoms with Gasteiger partial charge in [-0.15, -0.1) is 12.4 Å². The fourth-order valence-corrected chi connectivity index (χ4v) is 4.74.